The minimum atomic E-state index is -0.435. The smallest absolute Gasteiger partial charge is 0.273 e. The molecule has 0 aromatic heterocycles. The number of ether oxygens (including phenoxy) is 1. The molecule has 7 heteroatoms. The number of rotatable bonds is 4. The Hall–Kier alpha value is -1.30. The summed E-state index contributed by atoms with van der Waals surface area (Å²) < 4.78 is 5.61. The lowest BCUT2D eigenvalue weighted by atomic mass is 10.2. The Morgan fingerprint density at radius 1 is 1.20 bits per heavy atom. The van der Waals surface area contributed by atoms with Gasteiger partial charge in [0, 0.05) is 22.0 Å². The summed E-state index contributed by atoms with van der Waals surface area (Å²) in [6, 6.07) is 9.37. The average molecular weight is 377 g/mol. The van der Waals surface area contributed by atoms with E-state index in [9.17, 15) is 10.1 Å². The van der Waals surface area contributed by atoms with E-state index in [2.05, 4.69) is 15.9 Å². The molecule has 0 N–H and O–H groups in total. The topological polar surface area (TPSA) is 52.4 Å². The van der Waals surface area contributed by atoms with Gasteiger partial charge in [-0.15, -0.1) is 0 Å². The second-order valence-corrected chi connectivity index (χ2v) is 5.26. The van der Waals surface area contributed by atoms with Crippen LogP contribution in [0.25, 0.3) is 0 Å². The van der Waals surface area contributed by atoms with Gasteiger partial charge in [0.05, 0.1) is 9.95 Å². The van der Waals surface area contributed by atoms with Crippen molar-refractivity contribution >= 4 is 44.8 Å². The summed E-state index contributed by atoms with van der Waals surface area (Å²) in [6.45, 7) is 0. The van der Waals surface area contributed by atoms with Crippen LogP contribution in [0.4, 0.5) is 5.69 Å². The molecule has 2 rings (SSSR count). The van der Waals surface area contributed by atoms with E-state index >= 15 is 0 Å². The van der Waals surface area contributed by atoms with E-state index in [1.807, 2.05) is 0 Å². The largest absolute Gasteiger partial charge is 0.456 e. The summed E-state index contributed by atoms with van der Waals surface area (Å²) in [4.78, 5) is 10.4. The maximum absolute atomic E-state index is 10.8. The Labute approximate surface area is 133 Å². The molecule has 0 bridgehead atoms. The molecule has 0 spiro atoms. The summed E-state index contributed by atoms with van der Waals surface area (Å²) in [6.07, 6.45) is 0. The van der Waals surface area contributed by atoms with Crippen LogP contribution in [0.1, 0.15) is 5.56 Å². The van der Waals surface area contributed by atoms with Crippen molar-refractivity contribution in [3.05, 3.63) is 62.1 Å². The first-order valence-corrected chi connectivity index (χ1v) is 7.35. The monoisotopic (exact) mass is 375 g/mol. The zero-order valence-electron chi connectivity index (χ0n) is 9.98. The maximum atomic E-state index is 10.8. The summed E-state index contributed by atoms with van der Waals surface area (Å²) in [5, 5.41) is 12.1. The number of benzene rings is 2. The average Bonchev–Trinajstić information content (AvgIpc) is 2.41. The third kappa shape index (κ3) is 3.42. The highest BCUT2D eigenvalue weighted by molar-refractivity contribution is 9.08. The lowest BCUT2D eigenvalue weighted by molar-refractivity contribution is -0.385. The van der Waals surface area contributed by atoms with Crippen molar-refractivity contribution in [2.45, 2.75) is 5.33 Å². The van der Waals surface area contributed by atoms with Gasteiger partial charge in [-0.3, -0.25) is 10.1 Å². The highest BCUT2D eigenvalue weighted by atomic mass is 79.9. The van der Waals surface area contributed by atoms with Gasteiger partial charge in [0.25, 0.3) is 5.69 Å². The molecule has 2 aromatic carbocycles. The Morgan fingerprint density at radius 3 is 2.55 bits per heavy atom. The molecule has 0 aliphatic heterocycles. The molecule has 0 heterocycles. The molecule has 0 radical (unpaired) electrons. The van der Waals surface area contributed by atoms with E-state index in [1.54, 1.807) is 24.3 Å². The molecule has 0 fully saturated rings. The summed E-state index contributed by atoms with van der Waals surface area (Å²) in [7, 11) is 0. The van der Waals surface area contributed by atoms with Crippen molar-refractivity contribution in [3.63, 3.8) is 0 Å². The minimum Gasteiger partial charge on any atom is -0.456 e. The molecular weight excluding hydrogens is 369 g/mol. The van der Waals surface area contributed by atoms with Crippen LogP contribution in [-0.2, 0) is 5.33 Å². The Bertz CT molecular complexity index is 664. The summed E-state index contributed by atoms with van der Waals surface area (Å²) in [5.41, 5.74) is 0.564. The van der Waals surface area contributed by atoms with Gasteiger partial charge in [-0.2, -0.15) is 0 Å². The third-order valence-corrected chi connectivity index (χ3v) is 3.65. The summed E-state index contributed by atoms with van der Waals surface area (Å²) in [5.74, 6) is 0.903. The number of hydrogen-bond donors (Lipinski definition) is 0. The summed E-state index contributed by atoms with van der Waals surface area (Å²) >= 11 is 15.0. The fraction of sp³-hybridized carbons (Fsp3) is 0.0769. The fourth-order valence-corrected chi connectivity index (χ4v) is 2.49. The van der Waals surface area contributed by atoms with E-state index in [-0.39, 0.29) is 5.69 Å². The first-order valence-electron chi connectivity index (χ1n) is 5.47. The van der Waals surface area contributed by atoms with Gasteiger partial charge < -0.3 is 4.74 Å². The molecule has 0 unspecified atom stereocenters. The second kappa shape index (κ2) is 6.43. The molecular formula is C13H8BrCl2NO3. The van der Waals surface area contributed by atoms with Crippen molar-refractivity contribution in [1.82, 2.24) is 0 Å². The zero-order chi connectivity index (χ0) is 14.7. The molecule has 0 atom stereocenters. The highest BCUT2D eigenvalue weighted by Crippen LogP contribution is 2.33. The first-order chi connectivity index (χ1) is 9.51. The lowest BCUT2D eigenvalue weighted by Crippen LogP contribution is -1.94. The lowest BCUT2D eigenvalue weighted by Gasteiger charge is -2.09. The predicted molar refractivity (Wildman–Crippen MR) is 82.3 cm³/mol. The van der Waals surface area contributed by atoms with Crippen LogP contribution < -0.4 is 4.74 Å². The van der Waals surface area contributed by atoms with Gasteiger partial charge in [-0.25, -0.2) is 0 Å². The van der Waals surface area contributed by atoms with Crippen LogP contribution in [0.15, 0.2) is 36.4 Å². The van der Waals surface area contributed by atoms with Gasteiger partial charge >= 0.3 is 0 Å². The number of alkyl halides is 1. The van der Waals surface area contributed by atoms with Crippen molar-refractivity contribution in [2.24, 2.45) is 0 Å². The number of hydrogen-bond acceptors (Lipinski definition) is 3. The molecule has 0 aliphatic carbocycles. The van der Waals surface area contributed by atoms with Gasteiger partial charge in [-0.1, -0.05) is 39.1 Å². The Kier molecular flexibility index (Phi) is 4.86. The van der Waals surface area contributed by atoms with Crippen LogP contribution >= 0.6 is 39.1 Å². The van der Waals surface area contributed by atoms with Crippen LogP contribution in [-0.4, -0.2) is 4.92 Å². The van der Waals surface area contributed by atoms with E-state index in [4.69, 9.17) is 27.9 Å². The highest BCUT2D eigenvalue weighted by Gasteiger charge is 2.14. The molecule has 0 amide bonds. The first kappa shape index (κ1) is 15.1. The Balaban J connectivity index is 2.32. The predicted octanol–water partition coefficient (Wildman–Crippen LogP) is 5.59. The SMILES string of the molecule is O=[N+]([O-])c1ccc(Oc2ccc(Cl)cc2Cl)cc1CBr. The van der Waals surface area contributed by atoms with Crippen LogP contribution in [0.5, 0.6) is 11.5 Å². The van der Waals surface area contributed by atoms with Crippen LogP contribution in [0.3, 0.4) is 0 Å². The third-order valence-electron chi connectivity index (χ3n) is 2.51. The zero-order valence-corrected chi connectivity index (χ0v) is 13.1. The number of halogens is 3. The molecule has 104 valence electrons. The van der Waals surface area contributed by atoms with Crippen molar-refractivity contribution in [2.75, 3.05) is 0 Å². The molecule has 0 saturated heterocycles. The minimum absolute atomic E-state index is 0.0384. The number of nitro benzene ring substituents is 1. The van der Waals surface area contributed by atoms with Gasteiger partial charge in [0.1, 0.15) is 11.5 Å². The van der Waals surface area contributed by atoms with E-state index < -0.39 is 4.92 Å². The van der Waals surface area contributed by atoms with Gasteiger partial charge in [-0.05, 0) is 30.3 Å². The quantitative estimate of drug-likeness (QED) is 0.397. The van der Waals surface area contributed by atoms with Crippen molar-refractivity contribution in [1.29, 1.82) is 0 Å². The van der Waals surface area contributed by atoms with Crippen LogP contribution in [0.2, 0.25) is 10.0 Å². The van der Waals surface area contributed by atoms with Gasteiger partial charge in [0.15, 0.2) is 0 Å². The fourth-order valence-electron chi connectivity index (χ4n) is 1.60. The molecule has 20 heavy (non-hydrogen) atoms. The van der Waals surface area contributed by atoms with Crippen molar-refractivity contribution < 1.29 is 9.66 Å². The maximum Gasteiger partial charge on any atom is 0.273 e. The van der Waals surface area contributed by atoms with Crippen LogP contribution in [0, 0.1) is 10.1 Å². The molecule has 0 saturated carbocycles. The van der Waals surface area contributed by atoms with Gasteiger partial charge in [0.2, 0.25) is 0 Å². The molecule has 2 aromatic rings. The van der Waals surface area contributed by atoms with E-state index in [0.717, 1.165) is 0 Å². The number of nitrogens with zero attached hydrogens (tertiary/aromatic N) is 1. The molecule has 0 aliphatic rings. The standard InChI is InChI=1S/C13H8BrCl2NO3/c14-7-8-5-10(2-3-12(8)17(18)19)20-13-4-1-9(15)6-11(13)16/h1-6H,7H2. The van der Waals surface area contributed by atoms with E-state index in [0.29, 0.717) is 32.4 Å². The van der Waals surface area contributed by atoms with E-state index in [1.165, 1.54) is 12.1 Å². The second-order valence-electron chi connectivity index (χ2n) is 3.86. The van der Waals surface area contributed by atoms with Crippen molar-refractivity contribution in [3.8, 4) is 11.5 Å². The number of nitro groups is 1. The normalized spacial score (nSPS) is 10.3. The molecule has 4 nitrogen and oxygen atoms in total. The Morgan fingerprint density at radius 2 is 1.95 bits per heavy atom.